The van der Waals surface area contributed by atoms with E-state index in [9.17, 15) is 0 Å². The zero-order chi connectivity index (χ0) is 13.5. The smallest absolute Gasteiger partial charge is 0.157 e. The standard InChI is InChI=1S/C15H21N5/c1-11-7-14-17-10-18-20(14)15(8-11)19-6-4-13-12(9-19)3-2-5-16-13/h7-8,10,12-13,16H,2-6,9H2,1H3. The molecule has 2 saturated heterocycles. The molecule has 2 aromatic heterocycles. The van der Waals surface area contributed by atoms with Crippen LogP contribution in [0.5, 0.6) is 0 Å². The molecule has 0 radical (unpaired) electrons. The quantitative estimate of drug-likeness (QED) is 0.856. The highest BCUT2D eigenvalue weighted by Crippen LogP contribution is 2.28. The molecule has 2 aromatic rings. The minimum Gasteiger partial charge on any atom is -0.356 e. The second kappa shape index (κ2) is 4.74. The van der Waals surface area contributed by atoms with Gasteiger partial charge in [0.2, 0.25) is 0 Å². The summed E-state index contributed by atoms with van der Waals surface area (Å²) >= 11 is 0. The first-order valence-corrected chi connectivity index (χ1v) is 7.60. The average molecular weight is 271 g/mol. The van der Waals surface area contributed by atoms with Crippen molar-refractivity contribution in [3.05, 3.63) is 24.0 Å². The Bertz CT molecular complexity index is 620. The minimum atomic E-state index is 0.719. The van der Waals surface area contributed by atoms with Crippen LogP contribution in [0.3, 0.4) is 0 Å². The zero-order valence-corrected chi connectivity index (χ0v) is 11.9. The molecule has 1 N–H and O–H groups in total. The van der Waals surface area contributed by atoms with Crippen molar-refractivity contribution in [1.82, 2.24) is 19.9 Å². The van der Waals surface area contributed by atoms with Crippen molar-refractivity contribution in [3.63, 3.8) is 0 Å². The molecule has 4 heterocycles. The topological polar surface area (TPSA) is 45.5 Å². The van der Waals surface area contributed by atoms with E-state index < -0.39 is 0 Å². The molecule has 0 aliphatic carbocycles. The van der Waals surface area contributed by atoms with Gasteiger partial charge >= 0.3 is 0 Å². The molecular formula is C15H21N5. The first-order valence-electron chi connectivity index (χ1n) is 7.60. The van der Waals surface area contributed by atoms with Gasteiger partial charge in [-0.15, -0.1) is 0 Å². The monoisotopic (exact) mass is 271 g/mol. The molecule has 4 rings (SSSR count). The predicted molar refractivity (Wildman–Crippen MR) is 79.1 cm³/mol. The molecule has 0 spiro atoms. The Morgan fingerprint density at radius 3 is 3.20 bits per heavy atom. The lowest BCUT2D eigenvalue weighted by atomic mass is 9.85. The van der Waals surface area contributed by atoms with E-state index in [4.69, 9.17) is 0 Å². The average Bonchev–Trinajstić information content (AvgIpc) is 2.94. The van der Waals surface area contributed by atoms with E-state index in [1.54, 1.807) is 6.33 Å². The van der Waals surface area contributed by atoms with Crippen molar-refractivity contribution >= 4 is 11.5 Å². The van der Waals surface area contributed by atoms with Crippen LogP contribution >= 0.6 is 0 Å². The number of piperidine rings is 2. The molecule has 0 aromatic carbocycles. The highest BCUT2D eigenvalue weighted by Gasteiger charge is 2.31. The minimum absolute atomic E-state index is 0.719. The van der Waals surface area contributed by atoms with Gasteiger partial charge in [0.15, 0.2) is 5.65 Å². The summed E-state index contributed by atoms with van der Waals surface area (Å²) in [5.74, 6) is 1.97. The maximum Gasteiger partial charge on any atom is 0.157 e. The largest absolute Gasteiger partial charge is 0.356 e. The van der Waals surface area contributed by atoms with Crippen LogP contribution < -0.4 is 10.2 Å². The van der Waals surface area contributed by atoms with Gasteiger partial charge in [0.05, 0.1) is 0 Å². The SMILES string of the molecule is Cc1cc(N2CCC3NCCCC3C2)n2ncnc2c1. The summed E-state index contributed by atoms with van der Waals surface area (Å²) in [6.07, 6.45) is 5.53. The van der Waals surface area contributed by atoms with Crippen LogP contribution in [-0.2, 0) is 0 Å². The van der Waals surface area contributed by atoms with E-state index in [1.807, 2.05) is 4.52 Å². The Kier molecular flexibility index (Phi) is 2.88. The van der Waals surface area contributed by atoms with Crippen molar-refractivity contribution in [2.45, 2.75) is 32.2 Å². The predicted octanol–water partition coefficient (Wildman–Crippen LogP) is 1.62. The fraction of sp³-hybridized carbons (Fsp3) is 0.600. The lowest BCUT2D eigenvalue weighted by Crippen LogP contribution is -2.52. The van der Waals surface area contributed by atoms with Crippen LogP contribution in [0.1, 0.15) is 24.8 Å². The number of aryl methyl sites for hydroxylation is 1. The Balaban J connectivity index is 1.67. The summed E-state index contributed by atoms with van der Waals surface area (Å²) in [5.41, 5.74) is 2.20. The maximum absolute atomic E-state index is 4.39. The molecule has 0 amide bonds. The van der Waals surface area contributed by atoms with Crippen LogP contribution in [0.4, 0.5) is 5.82 Å². The summed E-state index contributed by atoms with van der Waals surface area (Å²) in [7, 11) is 0. The number of hydrogen-bond donors (Lipinski definition) is 1. The van der Waals surface area contributed by atoms with Gasteiger partial charge in [-0.3, -0.25) is 0 Å². The molecule has 0 bridgehead atoms. The number of fused-ring (bicyclic) bond motifs is 2. The number of anilines is 1. The van der Waals surface area contributed by atoms with Crippen LogP contribution in [0.15, 0.2) is 18.5 Å². The fourth-order valence-electron chi connectivity index (χ4n) is 3.71. The van der Waals surface area contributed by atoms with E-state index in [1.165, 1.54) is 37.2 Å². The number of nitrogens with one attached hydrogen (secondary N) is 1. The van der Waals surface area contributed by atoms with E-state index in [-0.39, 0.29) is 0 Å². The van der Waals surface area contributed by atoms with Gasteiger partial charge in [0.25, 0.3) is 0 Å². The van der Waals surface area contributed by atoms with Crippen LogP contribution in [0.25, 0.3) is 5.65 Å². The molecular weight excluding hydrogens is 250 g/mol. The van der Waals surface area contributed by atoms with Gasteiger partial charge in [0, 0.05) is 19.1 Å². The highest BCUT2D eigenvalue weighted by molar-refractivity contribution is 5.53. The van der Waals surface area contributed by atoms with Crippen LogP contribution in [0, 0.1) is 12.8 Å². The van der Waals surface area contributed by atoms with E-state index in [2.05, 4.69) is 39.4 Å². The third kappa shape index (κ3) is 1.97. The molecule has 2 aliphatic heterocycles. The van der Waals surface area contributed by atoms with Crippen LogP contribution in [0.2, 0.25) is 0 Å². The fourth-order valence-corrected chi connectivity index (χ4v) is 3.71. The zero-order valence-electron chi connectivity index (χ0n) is 11.9. The third-order valence-corrected chi connectivity index (χ3v) is 4.72. The van der Waals surface area contributed by atoms with Gasteiger partial charge in [-0.1, -0.05) is 0 Å². The number of aromatic nitrogens is 3. The lowest BCUT2D eigenvalue weighted by molar-refractivity contribution is 0.243. The van der Waals surface area contributed by atoms with Crippen molar-refractivity contribution < 1.29 is 0 Å². The van der Waals surface area contributed by atoms with Crippen molar-refractivity contribution in [3.8, 4) is 0 Å². The maximum atomic E-state index is 4.39. The Morgan fingerprint density at radius 2 is 2.25 bits per heavy atom. The number of nitrogens with zero attached hydrogens (tertiary/aromatic N) is 4. The molecule has 106 valence electrons. The Morgan fingerprint density at radius 1 is 1.30 bits per heavy atom. The van der Waals surface area contributed by atoms with Gasteiger partial charge in [0.1, 0.15) is 12.1 Å². The van der Waals surface area contributed by atoms with Crippen molar-refractivity contribution in [1.29, 1.82) is 0 Å². The summed E-state index contributed by atoms with van der Waals surface area (Å²) in [5, 5.41) is 8.06. The molecule has 2 atom stereocenters. The van der Waals surface area contributed by atoms with E-state index in [0.717, 1.165) is 30.7 Å². The Hall–Kier alpha value is -1.62. The molecule has 2 aliphatic rings. The van der Waals surface area contributed by atoms with Gasteiger partial charge < -0.3 is 10.2 Å². The summed E-state index contributed by atoms with van der Waals surface area (Å²) < 4.78 is 1.98. The second-order valence-corrected chi connectivity index (χ2v) is 6.12. The summed E-state index contributed by atoms with van der Waals surface area (Å²) in [6, 6.07) is 5.04. The van der Waals surface area contributed by atoms with Crippen molar-refractivity contribution in [2.24, 2.45) is 5.92 Å². The number of hydrogen-bond acceptors (Lipinski definition) is 4. The van der Waals surface area contributed by atoms with E-state index in [0.29, 0.717) is 0 Å². The summed E-state index contributed by atoms with van der Waals surface area (Å²) in [6.45, 7) is 5.56. The van der Waals surface area contributed by atoms with Gasteiger partial charge in [-0.25, -0.2) is 4.98 Å². The highest BCUT2D eigenvalue weighted by atomic mass is 15.4. The molecule has 20 heavy (non-hydrogen) atoms. The van der Waals surface area contributed by atoms with Crippen molar-refractivity contribution in [2.75, 3.05) is 24.5 Å². The molecule has 2 unspecified atom stereocenters. The molecule has 2 fully saturated rings. The molecule has 5 heteroatoms. The first-order chi connectivity index (χ1) is 9.81. The first kappa shape index (κ1) is 12.1. The van der Waals surface area contributed by atoms with E-state index >= 15 is 0 Å². The normalized spacial score (nSPS) is 26.8. The van der Waals surface area contributed by atoms with Crippen LogP contribution in [-0.4, -0.2) is 40.3 Å². The molecule has 5 nitrogen and oxygen atoms in total. The second-order valence-electron chi connectivity index (χ2n) is 6.12. The third-order valence-electron chi connectivity index (χ3n) is 4.72. The number of rotatable bonds is 1. The summed E-state index contributed by atoms with van der Waals surface area (Å²) in [4.78, 5) is 6.82. The molecule has 0 saturated carbocycles. The number of pyridine rings is 1. The van der Waals surface area contributed by atoms with Gasteiger partial charge in [-0.2, -0.15) is 9.61 Å². The lowest BCUT2D eigenvalue weighted by Gasteiger charge is -2.42. The van der Waals surface area contributed by atoms with Gasteiger partial charge in [-0.05, 0) is 56.3 Å². The Labute approximate surface area is 119 Å².